The maximum atomic E-state index is 5.61. The molecular formula is C14H29NO. The molecule has 0 radical (unpaired) electrons. The van der Waals surface area contributed by atoms with E-state index in [1.54, 1.807) is 0 Å². The zero-order valence-corrected chi connectivity index (χ0v) is 11.3. The van der Waals surface area contributed by atoms with E-state index < -0.39 is 0 Å². The lowest BCUT2D eigenvalue weighted by Gasteiger charge is -2.28. The second-order valence-corrected chi connectivity index (χ2v) is 5.77. The molecule has 0 amide bonds. The van der Waals surface area contributed by atoms with E-state index in [0.29, 0.717) is 5.41 Å². The molecule has 1 unspecified atom stereocenters. The number of hydrogen-bond donors (Lipinski definition) is 1. The van der Waals surface area contributed by atoms with Gasteiger partial charge >= 0.3 is 0 Å². The molecule has 0 aromatic heterocycles. The highest BCUT2D eigenvalue weighted by atomic mass is 16.5. The van der Waals surface area contributed by atoms with Gasteiger partial charge < -0.3 is 10.1 Å². The van der Waals surface area contributed by atoms with E-state index in [-0.39, 0.29) is 0 Å². The first kappa shape index (κ1) is 14.0. The van der Waals surface area contributed by atoms with Crippen molar-refractivity contribution in [1.29, 1.82) is 0 Å². The molecular weight excluding hydrogens is 198 g/mol. The summed E-state index contributed by atoms with van der Waals surface area (Å²) in [6.07, 6.45) is 6.52. The molecule has 16 heavy (non-hydrogen) atoms. The van der Waals surface area contributed by atoms with Crippen LogP contribution in [0.1, 0.15) is 52.9 Å². The highest BCUT2D eigenvalue weighted by Crippen LogP contribution is 2.34. The standard InChI is InChI=1S/C14H29NO/c1-4-9-15-11-14(8-10-16-12-14)7-5-6-13(2)3/h13,15H,4-12H2,1-3H3. The summed E-state index contributed by atoms with van der Waals surface area (Å²) in [6.45, 7) is 11.1. The lowest BCUT2D eigenvalue weighted by Crippen LogP contribution is -2.35. The van der Waals surface area contributed by atoms with Crippen molar-refractivity contribution in [3.63, 3.8) is 0 Å². The highest BCUT2D eigenvalue weighted by molar-refractivity contribution is 4.85. The molecule has 1 atom stereocenters. The van der Waals surface area contributed by atoms with Crippen LogP contribution in [0.4, 0.5) is 0 Å². The van der Waals surface area contributed by atoms with Gasteiger partial charge in [-0.3, -0.25) is 0 Å². The first-order chi connectivity index (χ1) is 7.68. The summed E-state index contributed by atoms with van der Waals surface area (Å²) in [5, 5.41) is 3.58. The fraction of sp³-hybridized carbons (Fsp3) is 1.00. The molecule has 96 valence electrons. The summed E-state index contributed by atoms with van der Waals surface area (Å²) >= 11 is 0. The smallest absolute Gasteiger partial charge is 0.0535 e. The molecule has 1 aliphatic heterocycles. The van der Waals surface area contributed by atoms with Crippen LogP contribution in [0.3, 0.4) is 0 Å². The van der Waals surface area contributed by atoms with E-state index in [1.165, 1.54) is 32.1 Å². The summed E-state index contributed by atoms with van der Waals surface area (Å²) < 4.78 is 5.61. The summed E-state index contributed by atoms with van der Waals surface area (Å²) in [6, 6.07) is 0. The van der Waals surface area contributed by atoms with Crippen molar-refractivity contribution >= 4 is 0 Å². The predicted octanol–water partition coefficient (Wildman–Crippen LogP) is 3.22. The second kappa shape index (κ2) is 7.29. The Morgan fingerprint density at radius 1 is 1.38 bits per heavy atom. The van der Waals surface area contributed by atoms with Crippen molar-refractivity contribution in [3.05, 3.63) is 0 Å². The lowest BCUT2D eigenvalue weighted by atomic mass is 9.81. The molecule has 0 spiro atoms. The van der Waals surface area contributed by atoms with Crippen LogP contribution in [0, 0.1) is 11.3 Å². The van der Waals surface area contributed by atoms with Crippen molar-refractivity contribution in [2.24, 2.45) is 11.3 Å². The fourth-order valence-corrected chi connectivity index (χ4v) is 2.49. The highest BCUT2D eigenvalue weighted by Gasteiger charge is 2.33. The largest absolute Gasteiger partial charge is 0.381 e. The molecule has 1 rings (SSSR count). The summed E-state index contributed by atoms with van der Waals surface area (Å²) in [4.78, 5) is 0. The molecule has 0 aliphatic carbocycles. The lowest BCUT2D eigenvalue weighted by molar-refractivity contribution is 0.141. The Bertz CT molecular complexity index is 174. The van der Waals surface area contributed by atoms with E-state index in [0.717, 1.165) is 32.2 Å². The molecule has 0 aromatic carbocycles. The third-order valence-corrected chi connectivity index (χ3v) is 3.60. The topological polar surface area (TPSA) is 21.3 Å². The first-order valence-electron chi connectivity index (χ1n) is 6.97. The Morgan fingerprint density at radius 2 is 2.19 bits per heavy atom. The van der Waals surface area contributed by atoms with Crippen LogP contribution >= 0.6 is 0 Å². The van der Waals surface area contributed by atoms with E-state index in [9.17, 15) is 0 Å². The Morgan fingerprint density at radius 3 is 2.75 bits per heavy atom. The van der Waals surface area contributed by atoms with Crippen molar-refractivity contribution in [1.82, 2.24) is 5.32 Å². The van der Waals surface area contributed by atoms with Gasteiger partial charge in [-0.05, 0) is 31.7 Å². The molecule has 2 nitrogen and oxygen atoms in total. The minimum Gasteiger partial charge on any atom is -0.381 e. The van der Waals surface area contributed by atoms with E-state index >= 15 is 0 Å². The zero-order chi connectivity index (χ0) is 11.9. The Labute approximate surface area is 101 Å². The van der Waals surface area contributed by atoms with Crippen LogP contribution in [0.15, 0.2) is 0 Å². The molecule has 0 bridgehead atoms. The average Bonchev–Trinajstić information content (AvgIpc) is 2.67. The number of ether oxygens (including phenoxy) is 1. The quantitative estimate of drug-likeness (QED) is 0.643. The van der Waals surface area contributed by atoms with Crippen LogP contribution in [0.5, 0.6) is 0 Å². The van der Waals surface area contributed by atoms with Crippen LogP contribution in [0.25, 0.3) is 0 Å². The van der Waals surface area contributed by atoms with Crippen LogP contribution in [-0.4, -0.2) is 26.3 Å². The molecule has 1 fully saturated rings. The van der Waals surface area contributed by atoms with Gasteiger partial charge in [-0.2, -0.15) is 0 Å². The minimum absolute atomic E-state index is 0.448. The van der Waals surface area contributed by atoms with E-state index in [4.69, 9.17) is 4.74 Å². The van der Waals surface area contributed by atoms with E-state index in [1.807, 2.05) is 0 Å². The molecule has 0 aromatic rings. The maximum absolute atomic E-state index is 5.61. The van der Waals surface area contributed by atoms with Gasteiger partial charge in [0.1, 0.15) is 0 Å². The van der Waals surface area contributed by atoms with Gasteiger partial charge in [-0.15, -0.1) is 0 Å². The van der Waals surface area contributed by atoms with Crippen molar-refractivity contribution in [3.8, 4) is 0 Å². The molecule has 1 heterocycles. The van der Waals surface area contributed by atoms with Gasteiger partial charge in [0.2, 0.25) is 0 Å². The maximum Gasteiger partial charge on any atom is 0.0535 e. The predicted molar refractivity (Wildman–Crippen MR) is 69.7 cm³/mol. The summed E-state index contributed by atoms with van der Waals surface area (Å²) in [7, 11) is 0. The Hall–Kier alpha value is -0.0800. The van der Waals surface area contributed by atoms with Gasteiger partial charge in [-0.25, -0.2) is 0 Å². The van der Waals surface area contributed by atoms with Crippen molar-refractivity contribution in [2.75, 3.05) is 26.3 Å². The molecule has 1 N–H and O–H groups in total. The minimum atomic E-state index is 0.448. The van der Waals surface area contributed by atoms with Gasteiger partial charge in [0.15, 0.2) is 0 Å². The van der Waals surface area contributed by atoms with Crippen molar-refractivity contribution < 1.29 is 4.74 Å². The van der Waals surface area contributed by atoms with Crippen LogP contribution in [0.2, 0.25) is 0 Å². The molecule has 1 aliphatic rings. The first-order valence-corrected chi connectivity index (χ1v) is 6.97. The molecule has 2 heteroatoms. The fourth-order valence-electron chi connectivity index (χ4n) is 2.49. The average molecular weight is 227 g/mol. The molecule has 1 saturated heterocycles. The number of hydrogen-bond acceptors (Lipinski definition) is 2. The van der Waals surface area contributed by atoms with Gasteiger partial charge in [0.05, 0.1) is 6.61 Å². The van der Waals surface area contributed by atoms with Crippen molar-refractivity contribution in [2.45, 2.75) is 52.9 Å². The Kier molecular flexibility index (Phi) is 6.37. The van der Waals surface area contributed by atoms with Gasteiger partial charge in [0, 0.05) is 18.6 Å². The monoisotopic (exact) mass is 227 g/mol. The van der Waals surface area contributed by atoms with Gasteiger partial charge in [-0.1, -0.05) is 33.6 Å². The third kappa shape index (κ3) is 4.84. The third-order valence-electron chi connectivity index (χ3n) is 3.60. The van der Waals surface area contributed by atoms with Crippen LogP contribution < -0.4 is 5.32 Å². The summed E-state index contributed by atoms with van der Waals surface area (Å²) in [5.41, 5.74) is 0.448. The zero-order valence-electron chi connectivity index (χ0n) is 11.3. The SMILES string of the molecule is CCCNCC1(CCCC(C)C)CCOC1. The van der Waals surface area contributed by atoms with Gasteiger partial charge in [0.25, 0.3) is 0 Å². The van der Waals surface area contributed by atoms with Crippen LogP contribution in [-0.2, 0) is 4.74 Å². The Balaban J connectivity index is 2.27. The number of nitrogens with one attached hydrogen (secondary N) is 1. The normalized spacial score (nSPS) is 25.5. The number of rotatable bonds is 8. The second-order valence-electron chi connectivity index (χ2n) is 5.77. The van der Waals surface area contributed by atoms with E-state index in [2.05, 4.69) is 26.1 Å². The summed E-state index contributed by atoms with van der Waals surface area (Å²) in [5.74, 6) is 0.836. The molecule has 0 saturated carbocycles.